The first-order valence-corrected chi connectivity index (χ1v) is 6.67. The van der Waals surface area contributed by atoms with Crippen molar-refractivity contribution >= 4 is 11.8 Å². The zero-order valence-corrected chi connectivity index (χ0v) is 11.2. The molecule has 2 aromatic rings. The molecule has 0 fully saturated rings. The van der Waals surface area contributed by atoms with Crippen LogP contribution in [0, 0.1) is 12.7 Å². The molecule has 0 spiro atoms. The third kappa shape index (κ3) is 3.42. The number of hydrogen-bond donors (Lipinski definition) is 2. The quantitative estimate of drug-likeness (QED) is 0.663. The van der Waals surface area contributed by atoms with Gasteiger partial charge < -0.3 is 10.7 Å². The highest BCUT2D eigenvalue weighted by Gasteiger charge is 2.16. The lowest BCUT2D eigenvalue weighted by atomic mass is 10.1. The van der Waals surface area contributed by atoms with E-state index in [4.69, 9.17) is 5.73 Å². The minimum absolute atomic E-state index is 0.223. The summed E-state index contributed by atoms with van der Waals surface area (Å²) in [6.07, 6.45) is 0. The molecule has 6 heteroatoms. The van der Waals surface area contributed by atoms with Crippen molar-refractivity contribution in [2.45, 2.75) is 17.3 Å². The van der Waals surface area contributed by atoms with E-state index in [-0.39, 0.29) is 23.2 Å². The van der Waals surface area contributed by atoms with Crippen molar-refractivity contribution in [3.63, 3.8) is 0 Å². The van der Waals surface area contributed by atoms with Crippen LogP contribution in [0.5, 0.6) is 0 Å². The first kappa shape index (κ1) is 13.8. The molecular formula is C13H14FN3OS. The highest BCUT2D eigenvalue weighted by molar-refractivity contribution is 7.99. The van der Waals surface area contributed by atoms with Gasteiger partial charge in [-0.15, -0.1) is 0 Å². The van der Waals surface area contributed by atoms with Crippen molar-refractivity contribution in [2.75, 3.05) is 6.54 Å². The van der Waals surface area contributed by atoms with Gasteiger partial charge in [-0.3, -0.25) is 4.79 Å². The maximum Gasteiger partial charge on any atom is 0.251 e. The van der Waals surface area contributed by atoms with Gasteiger partial charge in [-0.05, 0) is 13.0 Å². The largest absolute Gasteiger partial charge is 0.329 e. The van der Waals surface area contributed by atoms with Crippen molar-refractivity contribution in [2.24, 2.45) is 5.73 Å². The molecule has 0 aliphatic rings. The standard InChI is InChI=1S/C13H14FN3OS/c1-8-6-12(18)17-13(16-8)19-11(7-15)9-4-2-3-5-10(9)14/h2-6,11H,7,15H2,1H3,(H,16,17,18). The second-order valence-corrected chi connectivity index (χ2v) is 5.25. The lowest BCUT2D eigenvalue weighted by molar-refractivity contribution is 0.607. The second kappa shape index (κ2) is 5.99. The van der Waals surface area contributed by atoms with Gasteiger partial charge in [0, 0.05) is 23.9 Å². The Morgan fingerprint density at radius 1 is 1.47 bits per heavy atom. The molecule has 4 nitrogen and oxygen atoms in total. The summed E-state index contributed by atoms with van der Waals surface area (Å²) in [5, 5.41) is 0.162. The maximum atomic E-state index is 13.7. The summed E-state index contributed by atoms with van der Waals surface area (Å²) in [7, 11) is 0. The molecule has 1 heterocycles. The van der Waals surface area contributed by atoms with Gasteiger partial charge in [0.05, 0.1) is 5.25 Å². The summed E-state index contributed by atoms with van der Waals surface area (Å²) in [5.74, 6) is -0.305. The molecule has 0 aliphatic carbocycles. The zero-order chi connectivity index (χ0) is 13.8. The van der Waals surface area contributed by atoms with E-state index in [0.29, 0.717) is 16.4 Å². The number of nitrogens with zero attached hydrogens (tertiary/aromatic N) is 1. The number of thioether (sulfide) groups is 1. The molecule has 0 amide bonds. The van der Waals surface area contributed by atoms with Crippen LogP contribution in [0.2, 0.25) is 0 Å². The number of aryl methyl sites for hydroxylation is 1. The van der Waals surface area contributed by atoms with Crippen LogP contribution < -0.4 is 11.3 Å². The van der Waals surface area contributed by atoms with E-state index in [2.05, 4.69) is 9.97 Å². The molecule has 0 aliphatic heterocycles. The van der Waals surface area contributed by atoms with Crippen LogP contribution in [0.4, 0.5) is 4.39 Å². The highest BCUT2D eigenvalue weighted by Crippen LogP contribution is 2.33. The summed E-state index contributed by atoms with van der Waals surface area (Å²) in [6.45, 7) is 1.99. The SMILES string of the molecule is Cc1cc(=O)[nH]c(SC(CN)c2ccccc2F)n1. The first-order chi connectivity index (χ1) is 9.10. The van der Waals surface area contributed by atoms with Gasteiger partial charge in [0.2, 0.25) is 0 Å². The Labute approximate surface area is 114 Å². The van der Waals surface area contributed by atoms with Gasteiger partial charge >= 0.3 is 0 Å². The third-order valence-electron chi connectivity index (χ3n) is 2.57. The Hall–Kier alpha value is -1.66. The van der Waals surface area contributed by atoms with Crippen molar-refractivity contribution in [1.29, 1.82) is 0 Å². The van der Waals surface area contributed by atoms with E-state index in [0.717, 1.165) is 0 Å². The molecule has 1 atom stereocenters. The maximum absolute atomic E-state index is 13.7. The smallest absolute Gasteiger partial charge is 0.251 e. The van der Waals surface area contributed by atoms with Gasteiger partial charge in [-0.2, -0.15) is 0 Å². The Morgan fingerprint density at radius 3 is 2.84 bits per heavy atom. The van der Waals surface area contributed by atoms with Gasteiger partial charge in [-0.25, -0.2) is 9.37 Å². The van der Waals surface area contributed by atoms with Crippen molar-refractivity contribution in [3.05, 3.63) is 57.8 Å². The molecule has 0 radical (unpaired) electrons. The van der Waals surface area contributed by atoms with Crippen LogP contribution in [0.25, 0.3) is 0 Å². The third-order valence-corrected chi connectivity index (χ3v) is 3.72. The number of nitrogens with one attached hydrogen (secondary N) is 1. The second-order valence-electron chi connectivity index (χ2n) is 4.06. The summed E-state index contributed by atoms with van der Waals surface area (Å²) in [4.78, 5) is 18.2. The monoisotopic (exact) mass is 279 g/mol. The van der Waals surface area contributed by atoms with E-state index in [9.17, 15) is 9.18 Å². The van der Waals surface area contributed by atoms with Crippen molar-refractivity contribution in [1.82, 2.24) is 9.97 Å². The highest BCUT2D eigenvalue weighted by atomic mass is 32.2. The van der Waals surface area contributed by atoms with E-state index >= 15 is 0 Å². The summed E-state index contributed by atoms with van der Waals surface area (Å²) < 4.78 is 13.7. The molecule has 0 bridgehead atoms. The zero-order valence-electron chi connectivity index (χ0n) is 10.4. The van der Waals surface area contributed by atoms with Crippen LogP contribution in [0.3, 0.4) is 0 Å². The predicted octanol–water partition coefficient (Wildman–Crippen LogP) is 2.01. The summed E-state index contributed by atoms with van der Waals surface area (Å²) >= 11 is 1.25. The molecule has 2 rings (SSSR count). The molecule has 1 aromatic carbocycles. The van der Waals surface area contributed by atoms with Gasteiger partial charge in [-0.1, -0.05) is 30.0 Å². The Morgan fingerprint density at radius 2 is 2.21 bits per heavy atom. The average molecular weight is 279 g/mol. The topological polar surface area (TPSA) is 71.8 Å². The van der Waals surface area contributed by atoms with Crippen LogP contribution in [-0.4, -0.2) is 16.5 Å². The molecule has 100 valence electrons. The van der Waals surface area contributed by atoms with E-state index in [1.54, 1.807) is 25.1 Å². The van der Waals surface area contributed by atoms with Crippen molar-refractivity contribution < 1.29 is 4.39 Å². The van der Waals surface area contributed by atoms with Crippen LogP contribution in [-0.2, 0) is 0 Å². The van der Waals surface area contributed by atoms with E-state index < -0.39 is 0 Å². The summed E-state index contributed by atoms with van der Waals surface area (Å²) in [6, 6.07) is 7.88. The average Bonchev–Trinajstić information content (AvgIpc) is 2.36. The normalized spacial score (nSPS) is 12.4. The number of hydrogen-bond acceptors (Lipinski definition) is 4. The molecule has 3 N–H and O–H groups in total. The number of benzene rings is 1. The number of rotatable bonds is 4. The van der Waals surface area contributed by atoms with Gasteiger partial charge in [0.1, 0.15) is 5.82 Å². The van der Waals surface area contributed by atoms with Gasteiger partial charge in [0.15, 0.2) is 5.16 Å². The van der Waals surface area contributed by atoms with E-state index in [1.807, 2.05) is 0 Å². The van der Waals surface area contributed by atoms with Gasteiger partial charge in [0.25, 0.3) is 5.56 Å². The van der Waals surface area contributed by atoms with E-state index in [1.165, 1.54) is 23.9 Å². The number of nitrogens with two attached hydrogens (primary N) is 1. The Bertz CT molecular complexity index is 629. The molecule has 19 heavy (non-hydrogen) atoms. The number of halogens is 1. The Balaban J connectivity index is 2.29. The lowest BCUT2D eigenvalue weighted by Crippen LogP contribution is -2.14. The number of aromatic nitrogens is 2. The van der Waals surface area contributed by atoms with Crippen LogP contribution >= 0.6 is 11.8 Å². The predicted molar refractivity (Wildman–Crippen MR) is 73.6 cm³/mol. The number of H-pyrrole nitrogens is 1. The van der Waals surface area contributed by atoms with Crippen LogP contribution in [0.15, 0.2) is 40.3 Å². The fraction of sp³-hybridized carbons (Fsp3) is 0.231. The number of aromatic amines is 1. The minimum atomic E-state index is -0.305. The molecule has 0 saturated heterocycles. The summed E-state index contributed by atoms with van der Waals surface area (Å²) in [5.41, 5.74) is 6.60. The van der Waals surface area contributed by atoms with Crippen molar-refractivity contribution in [3.8, 4) is 0 Å². The van der Waals surface area contributed by atoms with Crippen LogP contribution in [0.1, 0.15) is 16.5 Å². The molecule has 0 saturated carbocycles. The molecular weight excluding hydrogens is 265 g/mol. The minimum Gasteiger partial charge on any atom is -0.329 e. The Kier molecular flexibility index (Phi) is 4.34. The molecule has 1 aromatic heterocycles. The lowest BCUT2D eigenvalue weighted by Gasteiger charge is -2.14. The first-order valence-electron chi connectivity index (χ1n) is 5.79. The fourth-order valence-corrected chi connectivity index (χ4v) is 2.76. The molecule has 1 unspecified atom stereocenters. The fourth-order valence-electron chi connectivity index (χ4n) is 1.72.